The molecule has 0 aromatic heterocycles. The number of aliphatic hydroxyl groups is 1. The molecule has 1 atom stereocenters. The molecule has 0 amide bonds. The topological polar surface area (TPSA) is 83.8 Å². The molecule has 0 bridgehead atoms. The number of hydrogen-bond donors (Lipinski definition) is 2. The molecule has 0 saturated heterocycles. The standard InChI is InChI=1S/C8H14O5/c1-8(12,7(11)13-2)5-3-4-6(9)10/h12H,3-5H2,1-2H3,(H,9,10). The van der Waals surface area contributed by atoms with Crippen molar-refractivity contribution in [3.05, 3.63) is 0 Å². The molecular formula is C8H14O5. The van der Waals surface area contributed by atoms with Gasteiger partial charge in [-0.15, -0.1) is 0 Å². The van der Waals surface area contributed by atoms with E-state index >= 15 is 0 Å². The van der Waals surface area contributed by atoms with Crippen LogP contribution in [0.3, 0.4) is 0 Å². The number of carboxylic acid groups (broad SMARTS) is 1. The molecule has 0 radical (unpaired) electrons. The minimum Gasteiger partial charge on any atom is -0.481 e. The molecule has 13 heavy (non-hydrogen) atoms. The molecule has 0 spiro atoms. The van der Waals surface area contributed by atoms with Crippen molar-refractivity contribution < 1.29 is 24.5 Å². The van der Waals surface area contributed by atoms with E-state index in [0.717, 1.165) is 0 Å². The van der Waals surface area contributed by atoms with Gasteiger partial charge in [-0.1, -0.05) is 0 Å². The number of carbonyl (C=O) groups is 2. The first-order valence-corrected chi connectivity index (χ1v) is 3.92. The third kappa shape index (κ3) is 4.47. The van der Waals surface area contributed by atoms with Crippen molar-refractivity contribution in [2.75, 3.05) is 7.11 Å². The lowest BCUT2D eigenvalue weighted by molar-refractivity contribution is -0.161. The minimum absolute atomic E-state index is 0.0624. The Morgan fingerprint density at radius 3 is 2.38 bits per heavy atom. The third-order valence-electron chi connectivity index (χ3n) is 1.68. The number of carboxylic acids is 1. The Morgan fingerprint density at radius 1 is 1.46 bits per heavy atom. The van der Waals surface area contributed by atoms with Crippen LogP contribution in [0.1, 0.15) is 26.2 Å². The molecular weight excluding hydrogens is 176 g/mol. The Bertz CT molecular complexity index is 197. The second-order valence-electron chi connectivity index (χ2n) is 3.01. The van der Waals surface area contributed by atoms with Crippen LogP contribution in [0.25, 0.3) is 0 Å². The normalized spacial score (nSPS) is 14.7. The van der Waals surface area contributed by atoms with Crippen LogP contribution in [0, 0.1) is 0 Å². The SMILES string of the molecule is COC(=O)C(C)(O)CCCC(=O)O. The first kappa shape index (κ1) is 11.9. The molecule has 0 saturated carbocycles. The largest absolute Gasteiger partial charge is 0.481 e. The lowest BCUT2D eigenvalue weighted by Gasteiger charge is -2.19. The monoisotopic (exact) mass is 190 g/mol. The summed E-state index contributed by atoms with van der Waals surface area (Å²) in [6.07, 6.45) is 0.274. The number of ether oxygens (including phenoxy) is 1. The van der Waals surface area contributed by atoms with Crippen molar-refractivity contribution in [3.8, 4) is 0 Å². The van der Waals surface area contributed by atoms with Gasteiger partial charge in [0.25, 0.3) is 0 Å². The molecule has 5 nitrogen and oxygen atoms in total. The van der Waals surface area contributed by atoms with Crippen LogP contribution >= 0.6 is 0 Å². The van der Waals surface area contributed by atoms with Crippen molar-refractivity contribution in [1.82, 2.24) is 0 Å². The van der Waals surface area contributed by atoms with Crippen LogP contribution in [-0.4, -0.2) is 34.9 Å². The Morgan fingerprint density at radius 2 is 2.00 bits per heavy atom. The van der Waals surface area contributed by atoms with E-state index in [1.165, 1.54) is 14.0 Å². The van der Waals surface area contributed by atoms with Crippen molar-refractivity contribution >= 4 is 11.9 Å². The quantitative estimate of drug-likeness (QED) is 0.603. The Balaban J connectivity index is 3.89. The van der Waals surface area contributed by atoms with Gasteiger partial charge in [0, 0.05) is 6.42 Å². The van der Waals surface area contributed by atoms with E-state index in [1.807, 2.05) is 0 Å². The van der Waals surface area contributed by atoms with Crippen molar-refractivity contribution in [3.63, 3.8) is 0 Å². The van der Waals surface area contributed by atoms with Gasteiger partial charge in [0.1, 0.15) is 0 Å². The third-order valence-corrected chi connectivity index (χ3v) is 1.68. The molecule has 0 aliphatic rings. The van der Waals surface area contributed by atoms with Crippen molar-refractivity contribution in [1.29, 1.82) is 0 Å². The summed E-state index contributed by atoms with van der Waals surface area (Å²) in [7, 11) is 1.17. The summed E-state index contributed by atoms with van der Waals surface area (Å²) in [6, 6.07) is 0. The smallest absolute Gasteiger partial charge is 0.337 e. The zero-order chi connectivity index (χ0) is 10.5. The molecule has 0 aliphatic heterocycles. The van der Waals surface area contributed by atoms with Crippen LogP contribution in [0.2, 0.25) is 0 Å². The predicted octanol–water partition coefficient (Wildman–Crippen LogP) is 0.165. The van der Waals surface area contributed by atoms with Crippen LogP contribution in [0.15, 0.2) is 0 Å². The maximum Gasteiger partial charge on any atom is 0.337 e. The highest BCUT2D eigenvalue weighted by molar-refractivity contribution is 5.78. The van der Waals surface area contributed by atoms with Crippen molar-refractivity contribution in [2.24, 2.45) is 0 Å². The van der Waals surface area contributed by atoms with Gasteiger partial charge in [0.05, 0.1) is 7.11 Å². The van der Waals surface area contributed by atoms with Gasteiger partial charge in [0.2, 0.25) is 0 Å². The molecule has 0 fully saturated rings. The van der Waals surface area contributed by atoms with E-state index in [1.54, 1.807) is 0 Å². The number of aliphatic carboxylic acids is 1. The highest BCUT2D eigenvalue weighted by Crippen LogP contribution is 2.14. The first-order valence-electron chi connectivity index (χ1n) is 3.92. The zero-order valence-electron chi connectivity index (χ0n) is 7.74. The molecule has 76 valence electrons. The summed E-state index contributed by atoms with van der Waals surface area (Å²) in [4.78, 5) is 21.0. The fourth-order valence-corrected chi connectivity index (χ4v) is 0.906. The maximum atomic E-state index is 10.9. The Kier molecular flexibility index (Phi) is 4.40. The summed E-state index contributed by atoms with van der Waals surface area (Å²) in [5.74, 6) is -1.68. The van der Waals surface area contributed by atoms with E-state index < -0.39 is 17.5 Å². The number of carbonyl (C=O) groups excluding carboxylic acids is 1. The van der Waals surface area contributed by atoms with Gasteiger partial charge in [-0.25, -0.2) is 4.79 Å². The average molecular weight is 190 g/mol. The Labute approximate surface area is 76.3 Å². The van der Waals surface area contributed by atoms with Gasteiger partial charge in [-0.05, 0) is 19.8 Å². The zero-order valence-corrected chi connectivity index (χ0v) is 7.74. The van der Waals surface area contributed by atoms with Crippen LogP contribution in [0.4, 0.5) is 0 Å². The number of methoxy groups -OCH3 is 1. The molecule has 0 rings (SSSR count). The number of hydrogen-bond acceptors (Lipinski definition) is 4. The molecule has 0 aromatic carbocycles. The minimum atomic E-state index is -1.58. The maximum absolute atomic E-state index is 10.9. The average Bonchev–Trinajstić information content (AvgIpc) is 2.01. The number of rotatable bonds is 5. The van der Waals surface area contributed by atoms with E-state index in [9.17, 15) is 14.7 Å². The van der Waals surface area contributed by atoms with Gasteiger partial charge in [-0.2, -0.15) is 0 Å². The fourth-order valence-electron chi connectivity index (χ4n) is 0.906. The lowest BCUT2D eigenvalue weighted by atomic mass is 9.99. The fraction of sp³-hybridized carbons (Fsp3) is 0.750. The predicted molar refractivity (Wildman–Crippen MR) is 44.1 cm³/mol. The molecule has 5 heteroatoms. The first-order chi connectivity index (χ1) is 5.90. The van der Waals surface area contributed by atoms with Crippen LogP contribution < -0.4 is 0 Å². The Hall–Kier alpha value is -1.10. The lowest BCUT2D eigenvalue weighted by Crippen LogP contribution is -2.36. The highest BCUT2D eigenvalue weighted by atomic mass is 16.5. The summed E-state index contributed by atoms with van der Waals surface area (Å²) >= 11 is 0. The molecule has 0 heterocycles. The van der Waals surface area contributed by atoms with E-state index in [4.69, 9.17) is 5.11 Å². The van der Waals surface area contributed by atoms with Crippen LogP contribution in [-0.2, 0) is 14.3 Å². The van der Waals surface area contributed by atoms with Crippen molar-refractivity contribution in [2.45, 2.75) is 31.8 Å². The summed E-state index contributed by atoms with van der Waals surface area (Å²) in [5, 5.41) is 17.7. The van der Waals surface area contributed by atoms with E-state index in [0.29, 0.717) is 0 Å². The molecule has 0 aliphatic carbocycles. The van der Waals surface area contributed by atoms with Gasteiger partial charge in [-0.3, -0.25) is 4.79 Å². The van der Waals surface area contributed by atoms with E-state index in [-0.39, 0.29) is 19.3 Å². The second-order valence-corrected chi connectivity index (χ2v) is 3.01. The van der Waals surface area contributed by atoms with Gasteiger partial charge >= 0.3 is 11.9 Å². The highest BCUT2D eigenvalue weighted by Gasteiger charge is 2.30. The van der Waals surface area contributed by atoms with Gasteiger partial charge < -0.3 is 14.9 Å². The summed E-state index contributed by atoms with van der Waals surface area (Å²) in [6.45, 7) is 1.31. The summed E-state index contributed by atoms with van der Waals surface area (Å²) < 4.78 is 4.34. The van der Waals surface area contributed by atoms with E-state index in [2.05, 4.69) is 4.74 Å². The van der Waals surface area contributed by atoms with Gasteiger partial charge in [0.15, 0.2) is 5.60 Å². The van der Waals surface area contributed by atoms with Crippen LogP contribution in [0.5, 0.6) is 0 Å². The second kappa shape index (κ2) is 4.81. The number of esters is 1. The summed E-state index contributed by atoms with van der Waals surface area (Å²) in [5.41, 5.74) is -1.58. The molecule has 1 unspecified atom stereocenters. The molecule has 0 aromatic rings. The molecule has 2 N–H and O–H groups in total.